The summed E-state index contributed by atoms with van der Waals surface area (Å²) in [4.78, 5) is 25.2. The highest BCUT2D eigenvalue weighted by Crippen LogP contribution is 2.22. The third kappa shape index (κ3) is 2.87. The molecule has 0 atom stereocenters. The molecule has 0 amide bonds. The summed E-state index contributed by atoms with van der Waals surface area (Å²) < 4.78 is 3.90. The molecular formula is C18H12Cl2N8. The van der Waals surface area contributed by atoms with Gasteiger partial charge in [0.2, 0.25) is 0 Å². The van der Waals surface area contributed by atoms with Crippen molar-refractivity contribution < 1.29 is 0 Å². The Balaban J connectivity index is 1.52. The normalized spacial score (nSPS) is 11.5. The summed E-state index contributed by atoms with van der Waals surface area (Å²) in [5.41, 5.74) is 4.82. The van der Waals surface area contributed by atoms with E-state index in [1.807, 2.05) is 21.3 Å². The average Bonchev–Trinajstić information content (AvgIpc) is 3.30. The second-order valence-corrected chi connectivity index (χ2v) is 6.90. The van der Waals surface area contributed by atoms with Gasteiger partial charge in [0.25, 0.3) is 0 Å². The van der Waals surface area contributed by atoms with Crippen LogP contribution < -0.4 is 0 Å². The topological polar surface area (TPSA) is 87.2 Å². The van der Waals surface area contributed by atoms with Gasteiger partial charge in [-0.15, -0.1) is 0 Å². The molecule has 0 bridgehead atoms. The molecule has 5 rings (SSSR count). The lowest BCUT2D eigenvalue weighted by molar-refractivity contribution is 0.764. The van der Waals surface area contributed by atoms with Crippen LogP contribution in [0.15, 0.2) is 49.6 Å². The van der Waals surface area contributed by atoms with Gasteiger partial charge < -0.3 is 9.13 Å². The molecule has 5 aromatic rings. The van der Waals surface area contributed by atoms with Crippen molar-refractivity contribution in [2.45, 2.75) is 13.1 Å². The van der Waals surface area contributed by atoms with Gasteiger partial charge in [-0.05, 0) is 11.1 Å². The first kappa shape index (κ1) is 17.0. The van der Waals surface area contributed by atoms with E-state index in [1.54, 1.807) is 12.7 Å². The van der Waals surface area contributed by atoms with Crippen molar-refractivity contribution >= 4 is 45.5 Å². The molecule has 4 aromatic heterocycles. The monoisotopic (exact) mass is 410 g/mol. The molecule has 28 heavy (non-hydrogen) atoms. The summed E-state index contributed by atoms with van der Waals surface area (Å²) in [6, 6.07) is 8.16. The van der Waals surface area contributed by atoms with Gasteiger partial charge in [-0.1, -0.05) is 47.5 Å². The highest BCUT2D eigenvalue weighted by atomic mass is 35.5. The molecule has 0 saturated heterocycles. The number of hydrogen-bond acceptors (Lipinski definition) is 6. The maximum Gasteiger partial charge on any atom is 0.165 e. The molecule has 10 heteroatoms. The van der Waals surface area contributed by atoms with Gasteiger partial charge in [0.1, 0.15) is 23.7 Å². The molecule has 138 valence electrons. The zero-order valence-electron chi connectivity index (χ0n) is 14.4. The summed E-state index contributed by atoms with van der Waals surface area (Å²) in [6.45, 7) is 1.20. The van der Waals surface area contributed by atoms with Gasteiger partial charge in [-0.3, -0.25) is 0 Å². The Morgan fingerprint density at radius 2 is 1.11 bits per heavy atom. The van der Waals surface area contributed by atoms with Gasteiger partial charge in [0, 0.05) is 0 Å². The number of rotatable bonds is 4. The van der Waals surface area contributed by atoms with Crippen molar-refractivity contribution in [3.8, 4) is 0 Å². The van der Waals surface area contributed by atoms with E-state index in [1.165, 1.54) is 12.7 Å². The highest BCUT2D eigenvalue weighted by molar-refractivity contribution is 6.33. The summed E-state index contributed by atoms with van der Waals surface area (Å²) >= 11 is 12.2. The first-order valence-electron chi connectivity index (χ1n) is 8.40. The van der Waals surface area contributed by atoms with E-state index in [9.17, 15) is 0 Å². The summed E-state index contributed by atoms with van der Waals surface area (Å²) in [6.07, 6.45) is 6.33. The molecule has 0 aliphatic heterocycles. The van der Waals surface area contributed by atoms with Crippen molar-refractivity contribution in [3.05, 3.63) is 71.0 Å². The molecule has 0 unspecified atom stereocenters. The van der Waals surface area contributed by atoms with Crippen molar-refractivity contribution in [1.82, 2.24) is 39.0 Å². The Labute approximate surface area is 168 Å². The highest BCUT2D eigenvalue weighted by Gasteiger charge is 2.13. The Hall–Kier alpha value is -3.10. The molecule has 0 radical (unpaired) electrons. The maximum absolute atomic E-state index is 6.11. The third-order valence-corrected chi connectivity index (χ3v) is 5.07. The molecule has 0 aliphatic rings. The van der Waals surface area contributed by atoms with Gasteiger partial charge in [-0.2, -0.15) is 0 Å². The van der Waals surface area contributed by atoms with Crippen LogP contribution in [0.1, 0.15) is 11.1 Å². The largest absolute Gasteiger partial charge is 0.311 e. The first-order valence-corrected chi connectivity index (χ1v) is 9.16. The van der Waals surface area contributed by atoms with Crippen molar-refractivity contribution in [2.75, 3.05) is 0 Å². The lowest BCUT2D eigenvalue weighted by Crippen LogP contribution is -2.06. The van der Waals surface area contributed by atoms with E-state index in [0.717, 1.165) is 11.1 Å². The minimum atomic E-state index is 0.346. The van der Waals surface area contributed by atoms with Crippen LogP contribution in [0.2, 0.25) is 10.3 Å². The zero-order valence-corrected chi connectivity index (χ0v) is 15.9. The van der Waals surface area contributed by atoms with Crippen LogP contribution in [0.5, 0.6) is 0 Å². The van der Waals surface area contributed by atoms with Crippen LogP contribution >= 0.6 is 23.2 Å². The number of nitrogens with zero attached hydrogens (tertiary/aromatic N) is 8. The quantitative estimate of drug-likeness (QED) is 0.422. The van der Waals surface area contributed by atoms with E-state index in [2.05, 4.69) is 42.0 Å². The SMILES string of the molecule is Clc1ncnc2c1ncn2Cc1ccccc1Cn1cnc2c(Cl)ncnc21. The van der Waals surface area contributed by atoms with Crippen molar-refractivity contribution in [2.24, 2.45) is 0 Å². The van der Waals surface area contributed by atoms with Crippen LogP contribution in [-0.4, -0.2) is 39.0 Å². The van der Waals surface area contributed by atoms with E-state index in [0.29, 0.717) is 45.7 Å². The van der Waals surface area contributed by atoms with E-state index in [4.69, 9.17) is 23.2 Å². The van der Waals surface area contributed by atoms with Gasteiger partial charge in [0.15, 0.2) is 21.6 Å². The van der Waals surface area contributed by atoms with Crippen LogP contribution in [0.3, 0.4) is 0 Å². The van der Waals surface area contributed by atoms with E-state index < -0.39 is 0 Å². The molecule has 0 saturated carbocycles. The number of hydrogen-bond donors (Lipinski definition) is 0. The Morgan fingerprint density at radius 3 is 1.57 bits per heavy atom. The Bertz CT molecular complexity index is 1210. The van der Waals surface area contributed by atoms with E-state index >= 15 is 0 Å². The molecule has 1 aromatic carbocycles. The minimum Gasteiger partial charge on any atom is -0.311 e. The van der Waals surface area contributed by atoms with Crippen molar-refractivity contribution in [1.29, 1.82) is 0 Å². The number of fused-ring (bicyclic) bond motifs is 2. The maximum atomic E-state index is 6.11. The summed E-state index contributed by atoms with van der Waals surface area (Å²) in [7, 11) is 0. The fourth-order valence-electron chi connectivity index (χ4n) is 3.17. The molecule has 8 nitrogen and oxygen atoms in total. The minimum absolute atomic E-state index is 0.346. The smallest absolute Gasteiger partial charge is 0.165 e. The molecule has 0 N–H and O–H groups in total. The molecule has 0 fully saturated rings. The van der Waals surface area contributed by atoms with Crippen LogP contribution in [0, 0.1) is 0 Å². The second-order valence-electron chi connectivity index (χ2n) is 6.19. The second kappa shape index (κ2) is 6.81. The van der Waals surface area contributed by atoms with Crippen LogP contribution in [-0.2, 0) is 13.1 Å². The van der Waals surface area contributed by atoms with Crippen LogP contribution in [0.25, 0.3) is 22.3 Å². The fraction of sp³-hybridized carbons (Fsp3) is 0.111. The van der Waals surface area contributed by atoms with Gasteiger partial charge in [-0.25, -0.2) is 29.9 Å². The Morgan fingerprint density at radius 1 is 0.643 bits per heavy atom. The van der Waals surface area contributed by atoms with Gasteiger partial charge >= 0.3 is 0 Å². The summed E-state index contributed by atoms with van der Waals surface area (Å²) in [5.74, 6) is 0. The van der Waals surface area contributed by atoms with Gasteiger partial charge in [0.05, 0.1) is 25.7 Å². The summed E-state index contributed by atoms with van der Waals surface area (Å²) in [5, 5.41) is 0.692. The molecule has 4 heterocycles. The molecular weight excluding hydrogens is 399 g/mol. The third-order valence-electron chi connectivity index (χ3n) is 4.51. The number of imidazole rings is 2. The fourth-order valence-corrected chi connectivity index (χ4v) is 3.52. The predicted octanol–water partition coefficient (Wildman–Crippen LogP) is 3.37. The number of aromatic nitrogens is 8. The van der Waals surface area contributed by atoms with E-state index in [-0.39, 0.29) is 0 Å². The lowest BCUT2D eigenvalue weighted by Gasteiger charge is -2.11. The first-order chi connectivity index (χ1) is 13.7. The van der Waals surface area contributed by atoms with Crippen LogP contribution in [0.4, 0.5) is 0 Å². The van der Waals surface area contributed by atoms with Crippen molar-refractivity contribution in [3.63, 3.8) is 0 Å². The zero-order chi connectivity index (χ0) is 19.1. The average molecular weight is 411 g/mol. The Kier molecular flexibility index (Phi) is 4.14. The predicted molar refractivity (Wildman–Crippen MR) is 105 cm³/mol. The molecule has 0 aliphatic carbocycles. The lowest BCUT2D eigenvalue weighted by atomic mass is 10.1. The number of halogens is 2. The standard InChI is InChI=1S/C18H12Cl2N8/c19-15-13-17(23-7-21-15)27(9-25-13)5-11-3-1-2-4-12(11)6-28-10-26-14-16(20)22-8-24-18(14)28/h1-4,7-10H,5-6H2. The molecule has 0 spiro atoms. The number of benzene rings is 1.